The van der Waals surface area contributed by atoms with Crippen LogP contribution in [-0.2, 0) is 0 Å². The number of hydrogen-bond acceptors (Lipinski definition) is 1. The van der Waals surface area contributed by atoms with E-state index < -0.39 is 6.67 Å². The summed E-state index contributed by atoms with van der Waals surface area (Å²) in [5, 5.41) is 8.73. The van der Waals surface area contributed by atoms with E-state index in [9.17, 15) is 4.39 Å². The molecule has 0 amide bonds. The van der Waals surface area contributed by atoms with Crippen molar-refractivity contribution in [2.24, 2.45) is 0 Å². The van der Waals surface area contributed by atoms with Crippen LogP contribution in [0.3, 0.4) is 0 Å². The number of benzene rings is 1. The smallest absolute Gasteiger partial charge is 0.100 e. The molecule has 0 saturated carbocycles. The van der Waals surface area contributed by atoms with Crippen molar-refractivity contribution < 1.29 is 4.39 Å². The Balaban J connectivity index is 3.08. The first kappa shape index (κ1) is 10.5. The molecule has 0 saturated heterocycles. The third-order valence-corrected chi connectivity index (χ3v) is 2.71. The van der Waals surface area contributed by atoms with Crippen molar-refractivity contribution in [3.05, 3.63) is 39.8 Å². The minimum atomic E-state index is -0.495. The number of rotatable bonds is 2. The average Bonchev–Trinajstić information content (AvgIpc) is 2.17. The predicted molar refractivity (Wildman–Crippen MR) is 57.9 cm³/mol. The van der Waals surface area contributed by atoms with Crippen LogP contribution in [0.5, 0.6) is 0 Å². The monoisotopic (exact) mass is 288 g/mol. The van der Waals surface area contributed by atoms with Crippen molar-refractivity contribution in [2.45, 2.75) is 5.92 Å². The maximum atomic E-state index is 12.3. The Kier molecular flexibility index (Phi) is 3.67. The van der Waals surface area contributed by atoms with Gasteiger partial charge < -0.3 is 0 Å². The zero-order valence-electron chi connectivity index (χ0n) is 6.93. The zero-order valence-corrected chi connectivity index (χ0v) is 9.08. The van der Waals surface area contributed by atoms with Crippen molar-refractivity contribution in [1.29, 1.82) is 5.26 Å². The lowest BCUT2D eigenvalue weighted by Crippen LogP contribution is -1.97. The Morgan fingerprint density at radius 1 is 1.62 bits per heavy atom. The minimum Gasteiger partial charge on any atom is -0.250 e. The summed E-state index contributed by atoms with van der Waals surface area (Å²) in [6, 6.07) is 7.36. The van der Waals surface area contributed by atoms with Crippen molar-refractivity contribution in [3.63, 3.8) is 0 Å². The van der Waals surface area contributed by atoms with Gasteiger partial charge in [0.25, 0.3) is 0 Å². The Morgan fingerprint density at radius 3 is 2.85 bits per heavy atom. The standard InChI is InChI=1S/C10H8FIN/c1-7(5-11)8-2-3-10(12)9(4-8)6-13/h2-4,7H,1,5H2. The van der Waals surface area contributed by atoms with Crippen molar-refractivity contribution in [2.75, 3.05) is 6.67 Å². The topological polar surface area (TPSA) is 23.8 Å². The molecule has 0 aromatic heterocycles. The molecule has 0 aliphatic heterocycles. The molecular formula is C10H8FIN. The number of halogens is 2. The van der Waals surface area contributed by atoms with Gasteiger partial charge in [-0.25, -0.2) is 0 Å². The predicted octanol–water partition coefficient (Wildman–Crippen LogP) is 3.05. The molecular weight excluding hydrogens is 280 g/mol. The third-order valence-electron chi connectivity index (χ3n) is 1.77. The van der Waals surface area contributed by atoms with E-state index in [1.54, 1.807) is 12.1 Å². The van der Waals surface area contributed by atoms with Crippen LogP contribution in [0, 0.1) is 21.8 Å². The largest absolute Gasteiger partial charge is 0.250 e. The summed E-state index contributed by atoms with van der Waals surface area (Å²) in [7, 11) is 0. The van der Waals surface area contributed by atoms with Crippen LogP contribution < -0.4 is 0 Å². The summed E-state index contributed by atoms with van der Waals surface area (Å²) in [5.41, 5.74) is 1.36. The Hall–Kier alpha value is -0.630. The van der Waals surface area contributed by atoms with E-state index in [1.807, 2.05) is 6.07 Å². The molecule has 13 heavy (non-hydrogen) atoms. The normalized spacial score (nSPS) is 12.2. The Labute approximate surface area is 90.7 Å². The summed E-state index contributed by atoms with van der Waals surface area (Å²) < 4.78 is 13.1. The molecule has 0 N–H and O–H groups in total. The lowest BCUT2D eigenvalue weighted by molar-refractivity contribution is 0.465. The van der Waals surface area contributed by atoms with Gasteiger partial charge in [-0.2, -0.15) is 5.26 Å². The maximum absolute atomic E-state index is 12.3. The Bertz CT molecular complexity index is 343. The molecule has 1 unspecified atom stereocenters. The van der Waals surface area contributed by atoms with Crippen LogP contribution in [0.15, 0.2) is 18.2 Å². The van der Waals surface area contributed by atoms with Crippen LogP contribution in [0.25, 0.3) is 0 Å². The van der Waals surface area contributed by atoms with Crippen molar-refractivity contribution in [1.82, 2.24) is 0 Å². The number of hydrogen-bond donors (Lipinski definition) is 0. The van der Waals surface area contributed by atoms with Gasteiger partial charge in [0.05, 0.1) is 12.2 Å². The highest BCUT2D eigenvalue weighted by atomic mass is 127. The highest BCUT2D eigenvalue weighted by molar-refractivity contribution is 14.1. The quantitative estimate of drug-likeness (QED) is 0.767. The van der Waals surface area contributed by atoms with Crippen LogP contribution in [-0.4, -0.2) is 6.67 Å². The molecule has 0 aliphatic carbocycles. The summed E-state index contributed by atoms with van der Waals surface area (Å²) >= 11 is 2.08. The van der Waals surface area contributed by atoms with E-state index in [-0.39, 0.29) is 5.92 Å². The highest BCUT2D eigenvalue weighted by Crippen LogP contribution is 2.20. The van der Waals surface area contributed by atoms with Gasteiger partial charge in [0.15, 0.2) is 0 Å². The Morgan fingerprint density at radius 2 is 2.31 bits per heavy atom. The third kappa shape index (κ3) is 2.41. The van der Waals surface area contributed by atoms with Crippen LogP contribution in [0.1, 0.15) is 17.0 Å². The summed E-state index contributed by atoms with van der Waals surface area (Å²) in [4.78, 5) is 0. The molecule has 1 radical (unpaired) electrons. The fourth-order valence-corrected chi connectivity index (χ4v) is 1.43. The maximum Gasteiger partial charge on any atom is 0.100 e. The second-order valence-electron chi connectivity index (χ2n) is 2.70. The fourth-order valence-electron chi connectivity index (χ4n) is 0.972. The van der Waals surface area contributed by atoms with E-state index in [4.69, 9.17) is 5.26 Å². The van der Waals surface area contributed by atoms with Crippen molar-refractivity contribution >= 4 is 22.6 Å². The van der Waals surface area contributed by atoms with Gasteiger partial charge in [-0.3, -0.25) is 4.39 Å². The summed E-state index contributed by atoms with van der Waals surface area (Å²) in [5.74, 6) is -0.371. The average molecular weight is 288 g/mol. The SMILES string of the molecule is [CH2]C(CF)c1ccc(I)c(C#N)c1. The van der Waals surface area contributed by atoms with E-state index in [0.29, 0.717) is 5.56 Å². The number of nitriles is 1. The van der Waals surface area contributed by atoms with Gasteiger partial charge in [-0.05, 0) is 47.2 Å². The van der Waals surface area contributed by atoms with E-state index >= 15 is 0 Å². The number of nitrogens with zero attached hydrogens (tertiary/aromatic N) is 1. The molecule has 3 heteroatoms. The van der Waals surface area contributed by atoms with Gasteiger partial charge in [-0.15, -0.1) is 0 Å². The highest BCUT2D eigenvalue weighted by Gasteiger charge is 2.07. The minimum absolute atomic E-state index is 0.371. The molecule has 1 rings (SSSR count). The first-order valence-corrected chi connectivity index (χ1v) is 4.85. The fraction of sp³-hybridized carbons (Fsp3) is 0.200. The second kappa shape index (κ2) is 4.56. The molecule has 0 spiro atoms. The molecule has 0 aliphatic rings. The van der Waals surface area contributed by atoms with Crippen molar-refractivity contribution in [3.8, 4) is 6.07 Å². The zero-order chi connectivity index (χ0) is 9.84. The molecule has 0 bridgehead atoms. The van der Waals surface area contributed by atoms with E-state index in [1.165, 1.54) is 0 Å². The first-order valence-electron chi connectivity index (χ1n) is 3.77. The molecule has 0 fully saturated rings. The van der Waals surface area contributed by atoms with Crippen LogP contribution in [0.4, 0.5) is 4.39 Å². The first-order chi connectivity index (χ1) is 6.19. The van der Waals surface area contributed by atoms with Gasteiger partial charge in [0, 0.05) is 9.49 Å². The van der Waals surface area contributed by atoms with E-state index in [0.717, 1.165) is 9.13 Å². The molecule has 1 aromatic rings. The molecule has 0 heterocycles. The van der Waals surface area contributed by atoms with Gasteiger partial charge >= 0.3 is 0 Å². The summed E-state index contributed by atoms with van der Waals surface area (Å²) in [6.45, 7) is 3.15. The second-order valence-corrected chi connectivity index (χ2v) is 3.86. The van der Waals surface area contributed by atoms with Crippen LogP contribution in [0.2, 0.25) is 0 Å². The lowest BCUT2D eigenvalue weighted by Gasteiger charge is -2.07. The molecule has 1 nitrogen and oxygen atoms in total. The molecule has 1 aromatic carbocycles. The van der Waals surface area contributed by atoms with E-state index in [2.05, 4.69) is 35.6 Å². The molecule has 1 atom stereocenters. The number of alkyl halides is 1. The van der Waals surface area contributed by atoms with Crippen LogP contribution >= 0.6 is 22.6 Å². The van der Waals surface area contributed by atoms with Gasteiger partial charge in [0.1, 0.15) is 6.07 Å². The summed E-state index contributed by atoms with van der Waals surface area (Å²) in [6.07, 6.45) is 0. The van der Waals surface area contributed by atoms with Gasteiger partial charge in [0.2, 0.25) is 0 Å². The lowest BCUT2D eigenvalue weighted by atomic mass is 10.0. The molecule has 67 valence electrons. The van der Waals surface area contributed by atoms with Gasteiger partial charge in [-0.1, -0.05) is 6.07 Å².